The van der Waals surface area contributed by atoms with Crippen LogP contribution in [-0.4, -0.2) is 52.1 Å². The molecule has 0 bridgehead atoms. The van der Waals surface area contributed by atoms with Crippen LogP contribution in [0.25, 0.3) is 12.2 Å². The fourth-order valence-corrected chi connectivity index (χ4v) is 3.39. The quantitative estimate of drug-likeness (QED) is 0.311. The summed E-state index contributed by atoms with van der Waals surface area (Å²) in [6.07, 6.45) is 5.83. The van der Waals surface area contributed by atoms with Crippen LogP contribution in [0.1, 0.15) is 28.7 Å². The van der Waals surface area contributed by atoms with Gasteiger partial charge in [-0.1, -0.05) is 12.2 Å². The van der Waals surface area contributed by atoms with Crippen molar-refractivity contribution in [2.75, 3.05) is 40.5 Å². The van der Waals surface area contributed by atoms with Gasteiger partial charge in [0.15, 0.2) is 34.6 Å². The van der Waals surface area contributed by atoms with Crippen LogP contribution in [0.3, 0.4) is 0 Å². The summed E-state index contributed by atoms with van der Waals surface area (Å²) in [6, 6.07) is 7.27. The highest BCUT2D eigenvalue weighted by Crippen LogP contribution is 2.33. The van der Waals surface area contributed by atoms with Gasteiger partial charge in [-0.3, -0.25) is 9.59 Å². The van der Waals surface area contributed by atoms with Gasteiger partial charge in [-0.2, -0.15) is 0 Å². The molecule has 0 heterocycles. The van der Waals surface area contributed by atoms with Gasteiger partial charge < -0.3 is 30.4 Å². The molecule has 4 N–H and O–H groups in total. The van der Waals surface area contributed by atoms with Gasteiger partial charge in [0.1, 0.15) is 13.2 Å². The maximum Gasteiger partial charge on any atom is 0.164 e. The molecule has 0 atom stereocenters. The molecule has 2 rings (SSSR count). The number of methoxy groups -OCH3 is 2. The van der Waals surface area contributed by atoms with E-state index in [1.54, 1.807) is 38.5 Å². The third-order valence-corrected chi connectivity index (χ3v) is 4.97. The maximum atomic E-state index is 12.3. The fourth-order valence-electron chi connectivity index (χ4n) is 3.39. The summed E-state index contributed by atoms with van der Waals surface area (Å²) < 4.78 is 22.1. The summed E-state index contributed by atoms with van der Waals surface area (Å²) >= 11 is 0. The van der Waals surface area contributed by atoms with E-state index in [0.717, 1.165) is 22.3 Å². The number of hydrogen-bond donors (Lipinski definition) is 2. The lowest BCUT2D eigenvalue weighted by Gasteiger charge is -2.13. The minimum Gasteiger partial charge on any atom is -0.493 e. The molecule has 0 saturated heterocycles. The highest BCUT2D eigenvalue weighted by atomic mass is 16.5. The molecule has 0 saturated carbocycles. The summed E-state index contributed by atoms with van der Waals surface area (Å²) in [5.41, 5.74) is 14.2. The second-order valence-corrected chi connectivity index (χ2v) is 7.79. The van der Waals surface area contributed by atoms with Crippen LogP contribution >= 0.6 is 0 Å². The van der Waals surface area contributed by atoms with Crippen molar-refractivity contribution >= 4 is 23.7 Å². The third-order valence-electron chi connectivity index (χ3n) is 4.97. The molecule has 0 unspecified atom stereocenters. The molecule has 8 heteroatoms. The first-order valence-electron chi connectivity index (χ1n) is 11.3. The Labute approximate surface area is 206 Å². The van der Waals surface area contributed by atoms with Crippen LogP contribution in [-0.2, 0) is 9.59 Å². The van der Waals surface area contributed by atoms with E-state index in [0.29, 0.717) is 49.3 Å². The molecule has 0 aliphatic rings. The van der Waals surface area contributed by atoms with Gasteiger partial charge in [0.25, 0.3) is 0 Å². The molecule has 0 amide bonds. The maximum absolute atomic E-state index is 12.3. The van der Waals surface area contributed by atoms with E-state index in [-0.39, 0.29) is 18.0 Å². The molecular formula is C27H34N2O6. The van der Waals surface area contributed by atoms with Crippen LogP contribution in [0.15, 0.2) is 36.4 Å². The number of hydrogen-bond acceptors (Lipinski definition) is 8. The second kappa shape index (κ2) is 13.9. The number of rotatable bonds is 14. The van der Waals surface area contributed by atoms with Crippen molar-refractivity contribution in [2.45, 2.75) is 20.3 Å². The first-order valence-corrected chi connectivity index (χ1v) is 11.3. The van der Waals surface area contributed by atoms with Crippen molar-refractivity contribution in [3.05, 3.63) is 58.7 Å². The van der Waals surface area contributed by atoms with Gasteiger partial charge in [0.05, 0.1) is 20.6 Å². The van der Waals surface area contributed by atoms with Crippen molar-refractivity contribution in [2.24, 2.45) is 11.5 Å². The molecule has 0 spiro atoms. The standard InChI is InChI=1S/C27H34N2O6/c1-18-13-20(15-24(32-3)26(18)34-11-9-28)5-7-22(30)17-23(31)8-6-21-14-19(2)27(35-12-10-29)25(16-21)33-4/h5-8,13-16H,9-12,17,28-29H2,1-4H3/b7-5+,8-6+. The van der Waals surface area contributed by atoms with Gasteiger partial charge in [-0.15, -0.1) is 0 Å². The summed E-state index contributed by atoms with van der Waals surface area (Å²) in [6.45, 7) is 5.30. The summed E-state index contributed by atoms with van der Waals surface area (Å²) in [5.74, 6) is 1.72. The molecule has 0 aliphatic carbocycles. The molecule has 2 aromatic carbocycles. The highest BCUT2D eigenvalue weighted by molar-refractivity contribution is 6.10. The Kier molecular flexibility index (Phi) is 11.0. The van der Waals surface area contributed by atoms with Gasteiger partial charge in [0, 0.05) is 13.1 Å². The zero-order chi connectivity index (χ0) is 25.8. The number of allylic oxidation sites excluding steroid dienone is 2. The minimum absolute atomic E-state index is 0.241. The molecular weight excluding hydrogens is 448 g/mol. The van der Waals surface area contributed by atoms with Crippen LogP contribution in [0.4, 0.5) is 0 Å². The molecule has 35 heavy (non-hydrogen) atoms. The largest absolute Gasteiger partial charge is 0.493 e. The number of ketones is 2. The van der Waals surface area contributed by atoms with Crippen LogP contribution in [0, 0.1) is 13.8 Å². The Balaban J connectivity index is 2.05. The zero-order valence-corrected chi connectivity index (χ0v) is 20.8. The molecule has 0 aromatic heterocycles. The van der Waals surface area contributed by atoms with Crippen molar-refractivity contribution in [1.82, 2.24) is 0 Å². The monoisotopic (exact) mass is 482 g/mol. The summed E-state index contributed by atoms with van der Waals surface area (Å²) in [4.78, 5) is 24.7. The minimum atomic E-state index is -0.306. The number of benzene rings is 2. The van der Waals surface area contributed by atoms with Gasteiger partial charge in [-0.05, 0) is 72.5 Å². The summed E-state index contributed by atoms with van der Waals surface area (Å²) in [7, 11) is 3.09. The normalized spacial score (nSPS) is 11.1. The number of aryl methyl sites for hydroxylation is 2. The smallest absolute Gasteiger partial charge is 0.164 e. The molecule has 0 fully saturated rings. The van der Waals surface area contributed by atoms with Gasteiger partial charge in [0.2, 0.25) is 0 Å². The van der Waals surface area contributed by atoms with E-state index < -0.39 is 0 Å². The number of carbonyl (C=O) groups is 2. The van der Waals surface area contributed by atoms with Crippen molar-refractivity contribution < 1.29 is 28.5 Å². The molecule has 0 aliphatic heterocycles. The van der Waals surface area contributed by atoms with Crippen molar-refractivity contribution in [3.63, 3.8) is 0 Å². The Morgan fingerprint density at radius 1 is 0.743 bits per heavy atom. The van der Waals surface area contributed by atoms with Crippen LogP contribution in [0.2, 0.25) is 0 Å². The average Bonchev–Trinajstić information content (AvgIpc) is 2.84. The first kappa shape index (κ1) is 27.6. The number of carbonyl (C=O) groups excluding carboxylic acids is 2. The Morgan fingerprint density at radius 2 is 1.14 bits per heavy atom. The van der Waals surface area contributed by atoms with E-state index in [1.807, 2.05) is 26.0 Å². The second-order valence-electron chi connectivity index (χ2n) is 7.79. The predicted molar refractivity (Wildman–Crippen MR) is 137 cm³/mol. The molecule has 188 valence electrons. The van der Waals surface area contributed by atoms with Crippen molar-refractivity contribution in [1.29, 1.82) is 0 Å². The summed E-state index contributed by atoms with van der Waals surface area (Å²) in [5, 5.41) is 0. The van der Waals surface area contributed by atoms with Crippen LogP contribution < -0.4 is 30.4 Å². The van der Waals surface area contributed by atoms with E-state index in [1.165, 1.54) is 12.2 Å². The third kappa shape index (κ3) is 8.27. The SMILES string of the molecule is COc1cc(/C=C/C(=O)CC(=O)/C=C/c2cc(C)c(OCCN)c(OC)c2)cc(C)c1OCCN. The van der Waals surface area contributed by atoms with E-state index in [9.17, 15) is 9.59 Å². The molecule has 0 radical (unpaired) electrons. The first-order chi connectivity index (χ1) is 16.8. The predicted octanol–water partition coefficient (Wildman–Crippen LogP) is 3.25. The number of ether oxygens (including phenoxy) is 4. The van der Waals surface area contributed by atoms with E-state index in [2.05, 4.69) is 0 Å². The molecule has 2 aromatic rings. The van der Waals surface area contributed by atoms with Gasteiger partial charge in [-0.25, -0.2) is 0 Å². The van der Waals surface area contributed by atoms with E-state index in [4.69, 9.17) is 30.4 Å². The average molecular weight is 483 g/mol. The number of nitrogens with two attached hydrogens (primary N) is 2. The van der Waals surface area contributed by atoms with Gasteiger partial charge >= 0.3 is 0 Å². The van der Waals surface area contributed by atoms with Crippen molar-refractivity contribution in [3.8, 4) is 23.0 Å². The van der Waals surface area contributed by atoms with Crippen LogP contribution in [0.5, 0.6) is 23.0 Å². The topological polar surface area (TPSA) is 123 Å². The Hall–Kier alpha value is -3.62. The Morgan fingerprint density at radius 3 is 1.49 bits per heavy atom. The fraction of sp³-hybridized carbons (Fsp3) is 0.333. The lowest BCUT2D eigenvalue weighted by atomic mass is 10.1. The van der Waals surface area contributed by atoms with E-state index >= 15 is 0 Å². The lowest BCUT2D eigenvalue weighted by molar-refractivity contribution is -0.121. The Bertz CT molecular complexity index is 1010. The lowest BCUT2D eigenvalue weighted by Crippen LogP contribution is -2.11. The molecule has 8 nitrogen and oxygen atoms in total. The highest BCUT2D eigenvalue weighted by Gasteiger charge is 2.11. The zero-order valence-electron chi connectivity index (χ0n) is 20.8.